The Hall–Kier alpha value is -3.43. The van der Waals surface area contributed by atoms with Crippen LogP contribution in [0.3, 0.4) is 0 Å². The third kappa shape index (κ3) is 3.60. The Kier molecular flexibility index (Phi) is 5.15. The lowest BCUT2D eigenvalue weighted by molar-refractivity contribution is 0.0529. The fourth-order valence-corrected chi connectivity index (χ4v) is 4.34. The average Bonchev–Trinajstić information content (AvgIpc) is 3.19. The lowest BCUT2D eigenvalue weighted by Gasteiger charge is -2.09. The largest absolute Gasteiger partial charge is 0.462 e. The van der Waals surface area contributed by atoms with Crippen molar-refractivity contribution in [3.05, 3.63) is 76.2 Å². The molecule has 0 aliphatic rings. The van der Waals surface area contributed by atoms with Crippen LogP contribution < -0.4 is 10.3 Å². The second-order valence-electron chi connectivity index (χ2n) is 6.64. The summed E-state index contributed by atoms with van der Waals surface area (Å²) in [5.74, 6) is -0.592. The summed E-state index contributed by atoms with van der Waals surface area (Å²) in [4.78, 5) is 30.2. The lowest BCUT2D eigenvalue weighted by atomic mass is 10.1. The monoisotopic (exact) mass is 425 g/mol. The summed E-state index contributed by atoms with van der Waals surface area (Å²) in [6, 6.07) is 13.5. The fourth-order valence-electron chi connectivity index (χ4n) is 3.30. The molecule has 0 saturated carbocycles. The normalized spacial score (nSPS) is 11.8. The molecule has 9 heteroatoms. The molecule has 0 spiro atoms. The van der Waals surface area contributed by atoms with Crippen molar-refractivity contribution in [1.82, 2.24) is 14.7 Å². The SMILES string of the molecule is CCOC(=O)c1c[nH]c2c(=O)[nH]c3ccc(S(=O)(=O)NCc4ccccc4)cc3c12. The molecule has 0 saturated heterocycles. The van der Waals surface area contributed by atoms with Gasteiger partial charge < -0.3 is 14.7 Å². The molecule has 0 radical (unpaired) electrons. The third-order valence-corrected chi connectivity index (χ3v) is 6.13. The van der Waals surface area contributed by atoms with Gasteiger partial charge in [0.25, 0.3) is 5.56 Å². The molecule has 0 atom stereocenters. The van der Waals surface area contributed by atoms with Crippen molar-refractivity contribution in [2.24, 2.45) is 0 Å². The number of H-pyrrole nitrogens is 2. The maximum atomic E-state index is 12.8. The molecule has 0 bridgehead atoms. The van der Waals surface area contributed by atoms with E-state index in [1.807, 2.05) is 30.3 Å². The van der Waals surface area contributed by atoms with Crippen LogP contribution in [0.2, 0.25) is 0 Å². The highest BCUT2D eigenvalue weighted by Crippen LogP contribution is 2.27. The Morgan fingerprint density at radius 1 is 1.13 bits per heavy atom. The first-order valence-electron chi connectivity index (χ1n) is 9.28. The van der Waals surface area contributed by atoms with Gasteiger partial charge in [0.1, 0.15) is 5.52 Å². The van der Waals surface area contributed by atoms with Crippen LogP contribution >= 0.6 is 0 Å². The summed E-state index contributed by atoms with van der Waals surface area (Å²) in [5, 5.41) is 0.754. The molecule has 4 aromatic rings. The molecule has 4 rings (SSSR count). The Morgan fingerprint density at radius 2 is 1.90 bits per heavy atom. The van der Waals surface area contributed by atoms with Gasteiger partial charge in [-0.15, -0.1) is 0 Å². The zero-order chi connectivity index (χ0) is 21.3. The molecule has 0 unspecified atom stereocenters. The van der Waals surface area contributed by atoms with Crippen LogP contribution in [0.4, 0.5) is 0 Å². The number of pyridine rings is 1. The topological polar surface area (TPSA) is 121 Å². The summed E-state index contributed by atoms with van der Waals surface area (Å²) >= 11 is 0. The van der Waals surface area contributed by atoms with Gasteiger partial charge in [0.15, 0.2) is 0 Å². The van der Waals surface area contributed by atoms with Crippen LogP contribution in [-0.4, -0.2) is 31.0 Å². The molecule has 0 aliphatic heterocycles. The first-order valence-corrected chi connectivity index (χ1v) is 10.8. The minimum Gasteiger partial charge on any atom is -0.462 e. The second kappa shape index (κ2) is 7.77. The number of fused-ring (bicyclic) bond motifs is 3. The van der Waals surface area contributed by atoms with Gasteiger partial charge in [-0.05, 0) is 30.7 Å². The Balaban J connectivity index is 1.82. The number of carbonyl (C=O) groups is 1. The number of aromatic nitrogens is 2. The van der Waals surface area contributed by atoms with Crippen LogP contribution in [0.1, 0.15) is 22.8 Å². The van der Waals surface area contributed by atoms with Gasteiger partial charge in [-0.3, -0.25) is 4.79 Å². The molecular weight excluding hydrogens is 406 g/mol. The number of rotatable bonds is 6. The number of aromatic amines is 2. The van der Waals surface area contributed by atoms with Gasteiger partial charge in [-0.1, -0.05) is 30.3 Å². The van der Waals surface area contributed by atoms with E-state index in [-0.39, 0.29) is 29.1 Å². The van der Waals surface area contributed by atoms with Gasteiger partial charge in [0.05, 0.1) is 17.1 Å². The van der Waals surface area contributed by atoms with Crippen molar-refractivity contribution in [2.75, 3.05) is 6.61 Å². The van der Waals surface area contributed by atoms with Gasteiger partial charge in [0.2, 0.25) is 10.0 Å². The van der Waals surface area contributed by atoms with Crippen molar-refractivity contribution in [2.45, 2.75) is 18.4 Å². The lowest BCUT2D eigenvalue weighted by Crippen LogP contribution is -2.23. The molecule has 3 N–H and O–H groups in total. The minimum absolute atomic E-state index is 0.0234. The number of benzene rings is 2. The van der Waals surface area contributed by atoms with Gasteiger partial charge in [-0.2, -0.15) is 0 Å². The van der Waals surface area contributed by atoms with Crippen molar-refractivity contribution >= 4 is 37.8 Å². The second-order valence-corrected chi connectivity index (χ2v) is 8.41. The third-order valence-electron chi connectivity index (χ3n) is 4.73. The number of hydrogen-bond donors (Lipinski definition) is 3. The molecular formula is C21H19N3O5S. The molecule has 154 valence electrons. The fraction of sp³-hybridized carbons (Fsp3) is 0.143. The summed E-state index contributed by atoms with van der Waals surface area (Å²) in [5.41, 5.74) is 1.18. The van der Waals surface area contributed by atoms with E-state index < -0.39 is 21.6 Å². The standard InChI is InChI=1S/C21H19N3O5S/c1-2-29-21(26)16-12-22-19-18(16)15-10-14(8-9-17(15)24-20(19)25)30(27,28)23-11-13-6-4-3-5-7-13/h3-10,12,22-23H,2,11H2,1H3,(H,24,25). The van der Waals surface area contributed by atoms with Gasteiger partial charge >= 0.3 is 5.97 Å². The maximum Gasteiger partial charge on any atom is 0.340 e. The number of esters is 1. The summed E-state index contributed by atoms with van der Waals surface area (Å²) in [7, 11) is -3.82. The smallest absolute Gasteiger partial charge is 0.340 e. The van der Waals surface area contributed by atoms with Crippen LogP contribution in [0, 0.1) is 0 Å². The highest BCUT2D eigenvalue weighted by molar-refractivity contribution is 7.89. The highest BCUT2D eigenvalue weighted by atomic mass is 32.2. The first-order chi connectivity index (χ1) is 14.4. The summed E-state index contributed by atoms with van der Waals surface area (Å²) in [6.07, 6.45) is 1.40. The Bertz CT molecular complexity index is 1410. The van der Waals surface area contributed by atoms with Gasteiger partial charge in [-0.25, -0.2) is 17.9 Å². The Morgan fingerprint density at radius 3 is 2.63 bits per heavy atom. The number of carbonyl (C=O) groups excluding carboxylic acids is 1. The highest BCUT2D eigenvalue weighted by Gasteiger charge is 2.20. The molecule has 8 nitrogen and oxygen atoms in total. The first kappa shape index (κ1) is 19.9. The van der Waals surface area contributed by atoms with E-state index in [1.165, 1.54) is 24.4 Å². The predicted molar refractivity (Wildman–Crippen MR) is 113 cm³/mol. The Labute approximate surface area is 171 Å². The van der Waals surface area contributed by atoms with Gasteiger partial charge in [0, 0.05) is 29.0 Å². The maximum absolute atomic E-state index is 12.8. The van der Waals surface area contributed by atoms with Crippen LogP contribution in [0.15, 0.2) is 64.4 Å². The molecule has 2 heterocycles. The molecule has 0 amide bonds. The number of nitrogens with one attached hydrogen (secondary N) is 3. The van der Waals surface area contributed by atoms with E-state index in [0.29, 0.717) is 16.3 Å². The number of hydrogen-bond acceptors (Lipinski definition) is 5. The van der Waals surface area contributed by atoms with Crippen LogP contribution in [0.25, 0.3) is 21.8 Å². The molecule has 2 aromatic heterocycles. The van der Waals surface area contributed by atoms with E-state index in [1.54, 1.807) is 6.92 Å². The van der Waals surface area contributed by atoms with Crippen LogP contribution in [0.5, 0.6) is 0 Å². The van der Waals surface area contributed by atoms with E-state index in [0.717, 1.165) is 5.56 Å². The molecule has 30 heavy (non-hydrogen) atoms. The minimum atomic E-state index is -3.82. The van der Waals surface area contributed by atoms with E-state index in [2.05, 4.69) is 14.7 Å². The summed E-state index contributed by atoms with van der Waals surface area (Å²) < 4.78 is 33.3. The number of ether oxygens (including phenoxy) is 1. The predicted octanol–water partition coefficient (Wildman–Crippen LogP) is 2.66. The zero-order valence-electron chi connectivity index (χ0n) is 16.1. The average molecular weight is 425 g/mol. The molecule has 2 aromatic carbocycles. The molecule has 0 fully saturated rings. The molecule has 0 aliphatic carbocycles. The van der Waals surface area contributed by atoms with E-state index in [9.17, 15) is 18.0 Å². The quantitative estimate of drug-likeness (QED) is 0.410. The van der Waals surface area contributed by atoms with Crippen molar-refractivity contribution in [3.63, 3.8) is 0 Å². The van der Waals surface area contributed by atoms with Crippen molar-refractivity contribution < 1.29 is 17.9 Å². The van der Waals surface area contributed by atoms with E-state index in [4.69, 9.17) is 4.74 Å². The van der Waals surface area contributed by atoms with Crippen molar-refractivity contribution in [3.8, 4) is 0 Å². The van der Waals surface area contributed by atoms with Crippen LogP contribution in [-0.2, 0) is 21.3 Å². The zero-order valence-corrected chi connectivity index (χ0v) is 16.9. The van der Waals surface area contributed by atoms with Crippen molar-refractivity contribution in [1.29, 1.82) is 0 Å². The number of sulfonamides is 1. The summed E-state index contributed by atoms with van der Waals surface area (Å²) in [6.45, 7) is 2.00. The van der Waals surface area contributed by atoms with E-state index >= 15 is 0 Å².